The molecular weight excluding hydrogens is 411 g/mol. The van der Waals surface area contributed by atoms with Crippen molar-refractivity contribution < 1.29 is 14.2 Å². The van der Waals surface area contributed by atoms with Crippen LogP contribution in [-0.2, 0) is 0 Å². The summed E-state index contributed by atoms with van der Waals surface area (Å²) in [7, 11) is 3.07. The topological polar surface area (TPSA) is 27.7 Å². The van der Waals surface area contributed by atoms with Gasteiger partial charge in [-0.1, -0.05) is 60.6 Å². The fourth-order valence-corrected chi connectivity index (χ4v) is 6.42. The molecule has 0 spiro atoms. The fraction of sp³-hybridized carbons (Fsp3) is 0.520. The lowest BCUT2D eigenvalue weighted by molar-refractivity contribution is 0.388. The predicted molar refractivity (Wildman–Crippen MR) is 135 cm³/mol. The first kappa shape index (κ1) is 24.9. The van der Waals surface area contributed by atoms with Gasteiger partial charge in [-0.3, -0.25) is 0 Å². The highest BCUT2D eigenvalue weighted by Gasteiger charge is 2.37. The van der Waals surface area contributed by atoms with Crippen LogP contribution in [-0.4, -0.2) is 25.7 Å². The summed E-state index contributed by atoms with van der Waals surface area (Å²) >= 11 is 0. The third-order valence-electron chi connectivity index (χ3n) is 5.64. The molecule has 0 amide bonds. The van der Waals surface area contributed by atoms with E-state index in [0.29, 0.717) is 11.8 Å². The van der Waals surface area contributed by atoms with Gasteiger partial charge in [0.15, 0.2) is 0 Å². The van der Waals surface area contributed by atoms with E-state index >= 15 is 0 Å². The third kappa shape index (κ3) is 4.32. The monoisotopic (exact) mass is 448 g/mol. The Morgan fingerprint density at radius 1 is 0.933 bits per heavy atom. The van der Waals surface area contributed by atoms with Crippen molar-refractivity contribution >= 4 is 26.7 Å². The second-order valence-electron chi connectivity index (χ2n) is 9.33. The van der Waals surface area contributed by atoms with Crippen LogP contribution in [0, 0.1) is 0 Å². The number of hydrogen-bond acceptors (Lipinski definition) is 3. The van der Waals surface area contributed by atoms with Gasteiger partial charge in [0.05, 0.1) is 19.8 Å². The summed E-state index contributed by atoms with van der Waals surface area (Å²) in [6.45, 7) is 15.8. The highest BCUT2D eigenvalue weighted by Crippen LogP contribution is 2.58. The zero-order valence-electron chi connectivity index (χ0n) is 19.8. The van der Waals surface area contributed by atoms with Crippen LogP contribution in [0.2, 0.25) is 0 Å². The van der Waals surface area contributed by atoms with Crippen LogP contribution >= 0.6 is 21.4 Å². The van der Waals surface area contributed by atoms with Crippen molar-refractivity contribution in [1.29, 1.82) is 0 Å². The summed E-state index contributed by atoms with van der Waals surface area (Å²) in [5.41, 5.74) is 4.72. The van der Waals surface area contributed by atoms with Gasteiger partial charge in [-0.15, -0.1) is 0 Å². The van der Waals surface area contributed by atoms with Gasteiger partial charge in [-0.2, -0.15) is 13.5 Å². The summed E-state index contributed by atoms with van der Waals surface area (Å²) in [4.78, 5) is 0. The second kappa shape index (κ2) is 9.40. The Morgan fingerprint density at radius 3 is 1.90 bits per heavy atom. The summed E-state index contributed by atoms with van der Waals surface area (Å²) < 4.78 is 18.2. The summed E-state index contributed by atoms with van der Waals surface area (Å²) in [5.74, 6) is 3.55. The van der Waals surface area contributed by atoms with Gasteiger partial charge in [0.25, 0.3) is 0 Å². The normalized spacial score (nSPS) is 15.6. The largest absolute Gasteiger partial charge is 0.496 e. The van der Waals surface area contributed by atoms with Crippen molar-refractivity contribution in [1.82, 2.24) is 0 Å². The molecule has 0 bridgehead atoms. The Labute approximate surface area is 190 Å². The molecular formula is C25H37O3PS. The lowest BCUT2D eigenvalue weighted by Gasteiger charge is -2.29. The molecule has 5 heteroatoms. The first-order valence-corrected chi connectivity index (χ1v) is 12.0. The molecule has 2 aromatic carbocycles. The van der Waals surface area contributed by atoms with Crippen molar-refractivity contribution in [2.24, 2.45) is 0 Å². The maximum absolute atomic E-state index is 6.15. The number of hydrogen-bond donors (Lipinski definition) is 0. The summed E-state index contributed by atoms with van der Waals surface area (Å²) in [5, 5.41) is 1.50. The molecule has 0 radical (unpaired) electrons. The van der Waals surface area contributed by atoms with E-state index in [2.05, 4.69) is 72.7 Å². The van der Waals surface area contributed by atoms with Crippen LogP contribution in [0.3, 0.4) is 0 Å². The first-order chi connectivity index (χ1) is 13.6. The molecule has 0 unspecified atom stereocenters. The molecule has 2 aromatic rings. The number of ether oxygens (including phenoxy) is 3. The van der Waals surface area contributed by atoms with Crippen LogP contribution in [0.15, 0.2) is 24.3 Å². The molecule has 166 valence electrons. The number of benzene rings is 2. The molecule has 30 heavy (non-hydrogen) atoms. The van der Waals surface area contributed by atoms with E-state index in [9.17, 15) is 0 Å². The van der Waals surface area contributed by atoms with Gasteiger partial charge in [0, 0.05) is 10.9 Å². The minimum Gasteiger partial charge on any atom is -0.496 e. The SMILES string of the molecule is COc1c(C(C)C)cc(C(C)C)c(OC)c1-c1cccc2c1[P@@](C(C)(C)C)CO2.S. The second-order valence-corrected chi connectivity index (χ2v) is 12.2. The third-order valence-corrected chi connectivity index (χ3v) is 8.65. The molecule has 0 N–H and O–H groups in total. The zero-order chi connectivity index (χ0) is 21.5. The summed E-state index contributed by atoms with van der Waals surface area (Å²) in [6.07, 6.45) is 0.775. The van der Waals surface area contributed by atoms with Crippen LogP contribution < -0.4 is 19.5 Å². The molecule has 1 aliphatic heterocycles. The van der Waals surface area contributed by atoms with Gasteiger partial charge in [-0.05, 0) is 48.2 Å². The number of methoxy groups -OCH3 is 2. The molecule has 3 nitrogen and oxygen atoms in total. The first-order valence-electron chi connectivity index (χ1n) is 10.4. The van der Waals surface area contributed by atoms with E-state index in [1.165, 1.54) is 22.0 Å². The average molecular weight is 449 g/mol. The molecule has 1 heterocycles. The standard InChI is InChI=1S/C25H35O3P.H2S/c1-15(2)18-13-19(16(3)4)23(27-9)21(22(18)26-8)17-11-10-12-20-24(17)29(14-28-20)25(5,6)7;/h10-13,15-16H,14H2,1-9H3;1H2/t29-;/m0./s1. The van der Waals surface area contributed by atoms with Crippen LogP contribution in [0.1, 0.15) is 71.4 Å². The Bertz CT molecular complexity index is 866. The molecule has 0 saturated heterocycles. The van der Waals surface area contributed by atoms with Crippen LogP contribution in [0.5, 0.6) is 17.2 Å². The van der Waals surface area contributed by atoms with Crippen molar-refractivity contribution in [3.05, 3.63) is 35.4 Å². The van der Waals surface area contributed by atoms with Gasteiger partial charge in [-0.25, -0.2) is 0 Å². The Hall–Kier alpha value is -1.38. The molecule has 0 fully saturated rings. The van der Waals surface area contributed by atoms with Crippen molar-refractivity contribution in [3.63, 3.8) is 0 Å². The van der Waals surface area contributed by atoms with E-state index in [-0.39, 0.29) is 18.7 Å². The minimum absolute atomic E-state index is 0. The van der Waals surface area contributed by atoms with E-state index < -0.39 is 7.92 Å². The van der Waals surface area contributed by atoms with Gasteiger partial charge < -0.3 is 14.2 Å². The minimum atomic E-state index is -0.464. The molecule has 1 aliphatic rings. The lowest BCUT2D eigenvalue weighted by atomic mass is 9.88. The van der Waals surface area contributed by atoms with Crippen LogP contribution in [0.25, 0.3) is 11.1 Å². The van der Waals surface area contributed by atoms with Crippen LogP contribution in [0.4, 0.5) is 0 Å². The van der Waals surface area contributed by atoms with Gasteiger partial charge >= 0.3 is 0 Å². The fourth-order valence-electron chi connectivity index (χ4n) is 4.08. The molecule has 0 aliphatic carbocycles. The Kier molecular flexibility index (Phi) is 7.80. The summed E-state index contributed by atoms with van der Waals surface area (Å²) in [6, 6.07) is 8.67. The van der Waals surface area contributed by atoms with Gasteiger partial charge in [0.2, 0.25) is 0 Å². The predicted octanol–water partition coefficient (Wildman–Crippen LogP) is 6.99. The quantitative estimate of drug-likeness (QED) is 0.462. The molecule has 0 saturated carbocycles. The molecule has 1 atom stereocenters. The number of fused-ring (bicyclic) bond motifs is 1. The maximum Gasteiger partial charge on any atom is 0.133 e. The van der Waals surface area contributed by atoms with E-state index in [1.807, 2.05) is 0 Å². The molecule has 0 aromatic heterocycles. The lowest BCUT2D eigenvalue weighted by Crippen LogP contribution is -2.19. The van der Waals surface area contributed by atoms with E-state index in [1.54, 1.807) is 14.2 Å². The highest BCUT2D eigenvalue weighted by molar-refractivity contribution is 7.67. The van der Waals surface area contributed by atoms with E-state index in [4.69, 9.17) is 14.2 Å². The maximum atomic E-state index is 6.15. The smallest absolute Gasteiger partial charge is 0.133 e. The van der Waals surface area contributed by atoms with Crippen molar-refractivity contribution in [3.8, 4) is 28.4 Å². The van der Waals surface area contributed by atoms with Crippen molar-refractivity contribution in [2.45, 2.75) is 65.5 Å². The molecule has 3 rings (SSSR count). The average Bonchev–Trinajstić information content (AvgIpc) is 3.10. The highest BCUT2D eigenvalue weighted by atomic mass is 32.1. The van der Waals surface area contributed by atoms with Crippen molar-refractivity contribution in [2.75, 3.05) is 20.6 Å². The Balaban J connectivity index is 0.00000320. The van der Waals surface area contributed by atoms with Gasteiger partial charge in [0.1, 0.15) is 23.6 Å². The Morgan fingerprint density at radius 2 is 1.47 bits per heavy atom. The number of rotatable bonds is 5. The zero-order valence-corrected chi connectivity index (χ0v) is 21.7. The van der Waals surface area contributed by atoms with E-state index in [0.717, 1.165) is 29.2 Å².